The number of aromatic nitrogens is 1. The summed E-state index contributed by atoms with van der Waals surface area (Å²) in [6.07, 6.45) is 1.48. The smallest absolute Gasteiger partial charge is 0.263 e. The molecule has 1 aromatic heterocycles. The molecule has 0 spiro atoms. The second kappa shape index (κ2) is 7.82. The number of rotatable bonds is 6. The number of hydrogen-bond acceptors (Lipinski definition) is 5. The Labute approximate surface area is 154 Å². The van der Waals surface area contributed by atoms with Gasteiger partial charge in [0.1, 0.15) is 28.1 Å². The van der Waals surface area contributed by atoms with E-state index in [1.54, 1.807) is 19.1 Å². The summed E-state index contributed by atoms with van der Waals surface area (Å²) in [5, 5.41) is 6.48. The van der Waals surface area contributed by atoms with Gasteiger partial charge in [-0.2, -0.15) is 0 Å². The molecule has 1 aliphatic rings. The SMILES string of the molecule is CC(=O)NC1CC(NC(=O)c2sc(COc3ccc(F)cc3)nc2C)C1. The molecule has 2 N–H and O–H groups in total. The number of amides is 2. The van der Waals surface area contributed by atoms with Crippen LogP contribution in [0.4, 0.5) is 4.39 Å². The third kappa shape index (κ3) is 4.57. The molecule has 1 aliphatic carbocycles. The Hall–Kier alpha value is -2.48. The topological polar surface area (TPSA) is 80.3 Å². The standard InChI is InChI=1S/C18H20FN3O3S/c1-10-17(18(24)22-14-7-13(8-14)21-11(2)23)26-16(20-10)9-25-15-5-3-12(19)4-6-15/h3-6,13-14H,7-9H2,1-2H3,(H,21,23)(H,22,24). The van der Waals surface area contributed by atoms with Gasteiger partial charge in [-0.05, 0) is 44.0 Å². The second-order valence-corrected chi connectivity index (χ2v) is 7.39. The maximum atomic E-state index is 12.9. The van der Waals surface area contributed by atoms with E-state index in [0.717, 1.165) is 12.8 Å². The van der Waals surface area contributed by atoms with Crippen molar-refractivity contribution in [3.05, 3.63) is 45.7 Å². The first kappa shape index (κ1) is 18.3. The van der Waals surface area contributed by atoms with Gasteiger partial charge in [-0.25, -0.2) is 9.37 Å². The second-order valence-electron chi connectivity index (χ2n) is 6.30. The highest BCUT2D eigenvalue weighted by molar-refractivity contribution is 7.13. The van der Waals surface area contributed by atoms with Gasteiger partial charge in [0.25, 0.3) is 5.91 Å². The highest BCUT2D eigenvalue weighted by atomic mass is 32.1. The number of hydrogen-bond donors (Lipinski definition) is 2. The fourth-order valence-corrected chi connectivity index (χ4v) is 3.67. The summed E-state index contributed by atoms with van der Waals surface area (Å²) < 4.78 is 18.5. The third-order valence-corrected chi connectivity index (χ3v) is 5.23. The lowest BCUT2D eigenvalue weighted by Gasteiger charge is -2.35. The van der Waals surface area contributed by atoms with Crippen LogP contribution in [0.1, 0.15) is 40.1 Å². The summed E-state index contributed by atoms with van der Waals surface area (Å²) in [6, 6.07) is 5.96. The van der Waals surface area contributed by atoms with Gasteiger partial charge in [0.05, 0.1) is 5.69 Å². The Morgan fingerprint density at radius 1 is 1.23 bits per heavy atom. The molecule has 8 heteroatoms. The predicted molar refractivity (Wildman–Crippen MR) is 95.7 cm³/mol. The van der Waals surface area contributed by atoms with Crippen molar-refractivity contribution < 1.29 is 18.7 Å². The number of carbonyl (C=O) groups is 2. The molecule has 1 saturated carbocycles. The number of halogens is 1. The minimum absolute atomic E-state index is 0.0520. The molecule has 0 atom stereocenters. The molecule has 6 nitrogen and oxygen atoms in total. The zero-order valence-corrected chi connectivity index (χ0v) is 15.4. The van der Waals surface area contributed by atoms with Gasteiger partial charge < -0.3 is 15.4 Å². The Kier molecular flexibility index (Phi) is 5.51. The van der Waals surface area contributed by atoms with Crippen molar-refractivity contribution in [2.75, 3.05) is 0 Å². The Morgan fingerprint density at radius 3 is 2.54 bits per heavy atom. The summed E-state index contributed by atoms with van der Waals surface area (Å²) in [4.78, 5) is 28.3. The molecule has 1 aromatic carbocycles. The first-order valence-electron chi connectivity index (χ1n) is 8.33. The predicted octanol–water partition coefficient (Wildman–Crippen LogP) is 2.57. The average molecular weight is 377 g/mol. The van der Waals surface area contributed by atoms with Crippen LogP contribution in [-0.4, -0.2) is 28.9 Å². The molecule has 0 aliphatic heterocycles. The summed E-state index contributed by atoms with van der Waals surface area (Å²) >= 11 is 1.29. The third-order valence-electron chi connectivity index (χ3n) is 4.10. The zero-order chi connectivity index (χ0) is 18.7. The zero-order valence-electron chi connectivity index (χ0n) is 14.5. The van der Waals surface area contributed by atoms with Crippen molar-refractivity contribution in [2.45, 2.75) is 45.4 Å². The first-order valence-corrected chi connectivity index (χ1v) is 9.15. The highest BCUT2D eigenvalue weighted by Crippen LogP contribution is 2.24. The Balaban J connectivity index is 1.52. The van der Waals surface area contributed by atoms with Crippen molar-refractivity contribution in [3.63, 3.8) is 0 Å². The number of ether oxygens (including phenoxy) is 1. The molecule has 0 unspecified atom stereocenters. The van der Waals surface area contributed by atoms with Gasteiger partial charge in [-0.3, -0.25) is 9.59 Å². The minimum Gasteiger partial charge on any atom is -0.486 e. The average Bonchev–Trinajstić information content (AvgIpc) is 2.93. The van der Waals surface area contributed by atoms with Crippen molar-refractivity contribution in [1.82, 2.24) is 15.6 Å². The molecule has 138 valence electrons. The minimum atomic E-state index is -0.321. The fourth-order valence-electron chi connectivity index (χ4n) is 2.79. The van der Waals surface area contributed by atoms with E-state index in [-0.39, 0.29) is 36.3 Å². The molecular formula is C18H20FN3O3S. The van der Waals surface area contributed by atoms with E-state index in [4.69, 9.17) is 4.74 Å². The lowest BCUT2D eigenvalue weighted by molar-refractivity contribution is -0.120. The van der Waals surface area contributed by atoms with E-state index in [9.17, 15) is 14.0 Å². The van der Waals surface area contributed by atoms with Crippen LogP contribution in [0.25, 0.3) is 0 Å². The molecule has 0 saturated heterocycles. The Bertz CT molecular complexity index is 801. The molecule has 26 heavy (non-hydrogen) atoms. The maximum absolute atomic E-state index is 12.9. The van der Waals surface area contributed by atoms with Crippen LogP contribution >= 0.6 is 11.3 Å². The fraction of sp³-hybridized carbons (Fsp3) is 0.389. The molecule has 0 bridgehead atoms. The summed E-state index contributed by atoms with van der Waals surface area (Å²) in [5.74, 6) is 0.0186. The van der Waals surface area contributed by atoms with Crippen LogP contribution in [0.2, 0.25) is 0 Å². The quantitative estimate of drug-likeness (QED) is 0.811. The number of nitrogens with one attached hydrogen (secondary N) is 2. The highest BCUT2D eigenvalue weighted by Gasteiger charge is 2.31. The first-order chi connectivity index (χ1) is 12.4. The van der Waals surface area contributed by atoms with E-state index < -0.39 is 0 Å². The van der Waals surface area contributed by atoms with Crippen LogP contribution < -0.4 is 15.4 Å². The van der Waals surface area contributed by atoms with Crippen molar-refractivity contribution in [3.8, 4) is 5.75 Å². The maximum Gasteiger partial charge on any atom is 0.263 e. The van der Waals surface area contributed by atoms with Gasteiger partial charge in [0, 0.05) is 19.0 Å². The van der Waals surface area contributed by atoms with Gasteiger partial charge >= 0.3 is 0 Å². The largest absolute Gasteiger partial charge is 0.486 e. The normalized spacial score (nSPS) is 18.7. The summed E-state index contributed by atoms with van der Waals surface area (Å²) in [6.45, 7) is 3.49. The van der Waals surface area contributed by atoms with Crippen LogP contribution in [0.5, 0.6) is 5.75 Å². The van der Waals surface area contributed by atoms with E-state index >= 15 is 0 Å². The lowest BCUT2D eigenvalue weighted by Crippen LogP contribution is -2.53. The number of nitrogens with zero attached hydrogens (tertiary/aromatic N) is 1. The molecule has 2 aromatic rings. The Morgan fingerprint density at radius 2 is 1.88 bits per heavy atom. The molecule has 0 radical (unpaired) electrons. The number of benzene rings is 1. The van der Waals surface area contributed by atoms with Crippen molar-refractivity contribution >= 4 is 23.2 Å². The lowest BCUT2D eigenvalue weighted by atomic mass is 9.86. The van der Waals surface area contributed by atoms with Crippen LogP contribution in [0.3, 0.4) is 0 Å². The van der Waals surface area contributed by atoms with E-state index in [0.29, 0.717) is 21.3 Å². The molecular weight excluding hydrogens is 357 g/mol. The molecule has 3 rings (SSSR count). The van der Waals surface area contributed by atoms with E-state index in [2.05, 4.69) is 15.6 Å². The van der Waals surface area contributed by atoms with Crippen molar-refractivity contribution in [2.24, 2.45) is 0 Å². The number of aryl methyl sites for hydroxylation is 1. The van der Waals surface area contributed by atoms with Crippen LogP contribution in [0.15, 0.2) is 24.3 Å². The van der Waals surface area contributed by atoms with Crippen LogP contribution in [-0.2, 0) is 11.4 Å². The van der Waals surface area contributed by atoms with Gasteiger partial charge in [0.2, 0.25) is 5.91 Å². The van der Waals surface area contributed by atoms with Gasteiger partial charge in [-0.1, -0.05) is 0 Å². The monoisotopic (exact) mass is 377 g/mol. The van der Waals surface area contributed by atoms with E-state index in [1.165, 1.54) is 30.4 Å². The van der Waals surface area contributed by atoms with Gasteiger partial charge in [-0.15, -0.1) is 11.3 Å². The van der Waals surface area contributed by atoms with Crippen molar-refractivity contribution in [1.29, 1.82) is 0 Å². The summed E-state index contributed by atoms with van der Waals surface area (Å²) in [5.41, 5.74) is 0.656. The molecule has 2 amide bonds. The number of carbonyl (C=O) groups excluding carboxylic acids is 2. The van der Waals surface area contributed by atoms with Gasteiger partial charge in [0.15, 0.2) is 0 Å². The summed E-state index contributed by atoms with van der Waals surface area (Å²) in [7, 11) is 0. The van der Waals surface area contributed by atoms with Crippen LogP contribution in [0, 0.1) is 12.7 Å². The van der Waals surface area contributed by atoms with E-state index in [1.807, 2.05) is 0 Å². The molecule has 1 fully saturated rings. The molecule has 1 heterocycles. The number of thiazole rings is 1.